The van der Waals surface area contributed by atoms with E-state index in [-0.39, 0.29) is 23.2 Å². The molecule has 0 radical (unpaired) electrons. The summed E-state index contributed by atoms with van der Waals surface area (Å²) in [5.74, 6) is -2.73. The lowest BCUT2D eigenvalue weighted by Gasteiger charge is -2.37. The maximum atomic E-state index is 14.1. The van der Waals surface area contributed by atoms with Crippen LogP contribution in [0.4, 0.5) is 5.69 Å². The van der Waals surface area contributed by atoms with Gasteiger partial charge >= 0.3 is 0 Å². The number of hydrogen-bond donors (Lipinski definition) is 3. The highest BCUT2D eigenvalue weighted by Gasteiger charge is 2.77. The molecular formula is C26H27BrClN3O5. The van der Waals surface area contributed by atoms with Crippen LogP contribution in [0.25, 0.3) is 0 Å². The molecule has 3 aliphatic rings. The Morgan fingerprint density at radius 2 is 1.89 bits per heavy atom. The predicted octanol–water partition coefficient (Wildman–Crippen LogP) is 2.38. The fourth-order valence-electron chi connectivity index (χ4n) is 6.13. The van der Waals surface area contributed by atoms with Crippen LogP contribution in [0.15, 0.2) is 54.6 Å². The van der Waals surface area contributed by atoms with Crippen molar-refractivity contribution in [2.45, 2.75) is 41.5 Å². The molecule has 36 heavy (non-hydrogen) atoms. The zero-order chi connectivity index (χ0) is 25.6. The number of rotatable bonds is 7. The number of anilines is 1. The molecule has 2 aromatic carbocycles. The van der Waals surface area contributed by atoms with Crippen molar-refractivity contribution in [2.24, 2.45) is 11.8 Å². The quantitative estimate of drug-likeness (QED) is 0.439. The number of carbonyl (C=O) groups excluding carboxylic acids is 3. The van der Waals surface area contributed by atoms with Gasteiger partial charge in [0.2, 0.25) is 17.7 Å². The summed E-state index contributed by atoms with van der Waals surface area (Å²) in [6.45, 7) is -0.356. The summed E-state index contributed by atoms with van der Waals surface area (Å²) in [5, 5.41) is 16.3. The lowest BCUT2D eigenvalue weighted by atomic mass is 9.70. The smallest absolute Gasteiger partial charge is 0.250 e. The van der Waals surface area contributed by atoms with Gasteiger partial charge in [-0.05, 0) is 30.5 Å². The minimum atomic E-state index is -1.22. The number of likely N-dealkylation sites (tertiary alicyclic amines) is 1. The zero-order valence-electron chi connectivity index (χ0n) is 19.6. The Labute approximate surface area is 222 Å². The molecule has 10 heteroatoms. The first-order valence-electron chi connectivity index (χ1n) is 11.9. The third kappa shape index (κ3) is 3.93. The van der Waals surface area contributed by atoms with E-state index in [1.807, 2.05) is 30.3 Å². The van der Waals surface area contributed by atoms with Crippen LogP contribution in [0.5, 0.6) is 0 Å². The Bertz CT molecular complexity index is 1180. The number of fused-ring (bicyclic) bond motifs is 1. The SMILES string of the molecule is CNC(=O)[C@H]1[C@H]2C(=O)N([C@@H](CO)Cc3ccccc3)C(C(=O)Nc3ccccc3Cl)C23CC(Br)[C@@H]1O3. The molecule has 0 aromatic heterocycles. The fraction of sp³-hybridized carbons (Fsp3) is 0.423. The van der Waals surface area contributed by atoms with Gasteiger partial charge in [0.1, 0.15) is 11.6 Å². The van der Waals surface area contributed by atoms with Crippen molar-refractivity contribution in [1.82, 2.24) is 10.2 Å². The first-order chi connectivity index (χ1) is 17.3. The Balaban J connectivity index is 1.58. The van der Waals surface area contributed by atoms with Crippen molar-refractivity contribution in [3.8, 4) is 0 Å². The molecule has 3 fully saturated rings. The van der Waals surface area contributed by atoms with E-state index in [4.69, 9.17) is 16.3 Å². The van der Waals surface area contributed by atoms with Gasteiger partial charge in [-0.1, -0.05) is 70.0 Å². The number of alkyl halides is 1. The van der Waals surface area contributed by atoms with Gasteiger partial charge in [0.15, 0.2) is 0 Å². The molecule has 5 rings (SSSR count). The lowest BCUT2D eigenvalue weighted by Crippen LogP contribution is -2.57. The number of hydrogen-bond acceptors (Lipinski definition) is 5. The Hall–Kier alpha value is -2.46. The Morgan fingerprint density at radius 1 is 1.19 bits per heavy atom. The standard InChI is InChI=1S/C26H27BrClN3O5/c1-29-23(33)19-20-25(35)31(15(13-32)11-14-7-3-2-4-8-14)22(26(20)12-16(27)21(19)36-26)24(34)30-18-10-6-5-9-17(18)28/h2-10,15-16,19-22,32H,11-13H2,1H3,(H,29,33)(H,30,34)/t15-,16?,19+,20+,21+,22?,26?/m1/s1. The second-order valence-corrected chi connectivity index (χ2v) is 11.1. The van der Waals surface area contributed by atoms with Crippen LogP contribution in [0.1, 0.15) is 12.0 Å². The van der Waals surface area contributed by atoms with Crippen molar-refractivity contribution in [1.29, 1.82) is 0 Å². The summed E-state index contributed by atoms with van der Waals surface area (Å²) < 4.78 is 6.43. The highest BCUT2D eigenvalue weighted by atomic mass is 79.9. The summed E-state index contributed by atoms with van der Waals surface area (Å²) >= 11 is 9.94. The second kappa shape index (κ2) is 9.78. The van der Waals surface area contributed by atoms with E-state index in [0.29, 0.717) is 23.6 Å². The van der Waals surface area contributed by atoms with E-state index in [9.17, 15) is 19.5 Å². The van der Waals surface area contributed by atoms with Crippen LogP contribution in [-0.2, 0) is 25.5 Å². The molecule has 0 saturated carbocycles. The van der Waals surface area contributed by atoms with Gasteiger partial charge in [-0.25, -0.2) is 0 Å². The van der Waals surface area contributed by atoms with Crippen LogP contribution >= 0.6 is 27.5 Å². The maximum absolute atomic E-state index is 14.1. The van der Waals surface area contributed by atoms with Crippen molar-refractivity contribution < 1.29 is 24.2 Å². The number of ether oxygens (including phenoxy) is 1. The van der Waals surface area contributed by atoms with E-state index in [1.165, 1.54) is 11.9 Å². The van der Waals surface area contributed by atoms with Crippen LogP contribution in [-0.4, -0.2) is 70.0 Å². The largest absolute Gasteiger partial charge is 0.394 e. The van der Waals surface area contributed by atoms with E-state index in [0.717, 1.165) is 5.56 Å². The number of amides is 3. The molecule has 3 amide bonds. The minimum absolute atomic E-state index is 0.207. The molecule has 3 N–H and O–H groups in total. The first-order valence-corrected chi connectivity index (χ1v) is 13.2. The van der Waals surface area contributed by atoms with E-state index in [2.05, 4.69) is 26.6 Å². The van der Waals surface area contributed by atoms with Crippen molar-refractivity contribution >= 4 is 50.9 Å². The van der Waals surface area contributed by atoms with E-state index in [1.54, 1.807) is 24.3 Å². The number of para-hydroxylation sites is 1. The van der Waals surface area contributed by atoms with Gasteiger partial charge in [-0.15, -0.1) is 0 Å². The minimum Gasteiger partial charge on any atom is -0.394 e. The molecule has 2 bridgehead atoms. The molecule has 1 spiro atoms. The Morgan fingerprint density at radius 3 is 2.56 bits per heavy atom. The predicted molar refractivity (Wildman–Crippen MR) is 138 cm³/mol. The average Bonchev–Trinajstić information content (AvgIpc) is 3.47. The van der Waals surface area contributed by atoms with E-state index < -0.39 is 41.5 Å². The van der Waals surface area contributed by atoms with E-state index >= 15 is 0 Å². The maximum Gasteiger partial charge on any atom is 0.250 e. The summed E-state index contributed by atoms with van der Waals surface area (Å²) in [6, 6.07) is 14.6. The third-order valence-electron chi connectivity index (χ3n) is 7.57. The van der Waals surface area contributed by atoms with Crippen LogP contribution < -0.4 is 10.6 Å². The average molecular weight is 577 g/mol. The highest BCUT2D eigenvalue weighted by Crippen LogP contribution is 2.60. The Kier molecular flexibility index (Phi) is 6.84. The van der Waals surface area contributed by atoms with Crippen molar-refractivity contribution in [3.63, 3.8) is 0 Å². The summed E-state index contributed by atoms with van der Waals surface area (Å²) in [7, 11) is 1.52. The summed E-state index contributed by atoms with van der Waals surface area (Å²) in [4.78, 5) is 42.2. The molecular weight excluding hydrogens is 550 g/mol. The number of benzene rings is 2. The number of carbonyl (C=O) groups is 3. The lowest BCUT2D eigenvalue weighted by molar-refractivity contribution is -0.143. The second-order valence-electron chi connectivity index (χ2n) is 9.52. The van der Waals surface area contributed by atoms with Gasteiger partial charge in [-0.3, -0.25) is 14.4 Å². The summed E-state index contributed by atoms with van der Waals surface area (Å²) in [6.07, 6.45) is 0.175. The zero-order valence-corrected chi connectivity index (χ0v) is 21.9. The summed E-state index contributed by atoms with van der Waals surface area (Å²) in [5.41, 5.74) is 0.101. The van der Waals surface area contributed by atoms with Crippen molar-refractivity contribution in [2.75, 3.05) is 19.0 Å². The topological polar surface area (TPSA) is 108 Å². The monoisotopic (exact) mass is 575 g/mol. The molecule has 7 atom stereocenters. The molecule has 3 heterocycles. The first kappa shape index (κ1) is 25.2. The third-order valence-corrected chi connectivity index (χ3v) is 8.75. The normalized spacial score (nSPS) is 31.3. The number of halogens is 2. The molecule has 3 saturated heterocycles. The number of aliphatic hydroxyl groups excluding tert-OH is 1. The van der Waals surface area contributed by atoms with Crippen LogP contribution in [0, 0.1) is 11.8 Å². The molecule has 3 aliphatic heterocycles. The van der Waals surface area contributed by atoms with Crippen molar-refractivity contribution in [3.05, 3.63) is 65.2 Å². The van der Waals surface area contributed by atoms with Gasteiger partial charge < -0.3 is 25.4 Å². The molecule has 190 valence electrons. The fourth-order valence-corrected chi connectivity index (χ4v) is 7.25. The molecule has 0 aliphatic carbocycles. The molecule has 2 aromatic rings. The highest BCUT2D eigenvalue weighted by molar-refractivity contribution is 9.09. The number of aliphatic hydroxyl groups is 1. The van der Waals surface area contributed by atoms with Crippen LogP contribution in [0.3, 0.4) is 0 Å². The molecule has 8 nitrogen and oxygen atoms in total. The molecule has 3 unspecified atom stereocenters. The number of nitrogens with one attached hydrogen (secondary N) is 2. The van der Waals surface area contributed by atoms with Gasteiger partial charge in [0, 0.05) is 11.9 Å². The van der Waals surface area contributed by atoms with Gasteiger partial charge in [-0.2, -0.15) is 0 Å². The number of nitrogens with zero attached hydrogens (tertiary/aromatic N) is 1. The van der Waals surface area contributed by atoms with Gasteiger partial charge in [0.05, 0.1) is 41.3 Å². The van der Waals surface area contributed by atoms with Crippen LogP contribution in [0.2, 0.25) is 5.02 Å². The van der Waals surface area contributed by atoms with Gasteiger partial charge in [0.25, 0.3) is 0 Å².